The summed E-state index contributed by atoms with van der Waals surface area (Å²) < 4.78 is 0. The molecule has 0 saturated heterocycles. The third-order valence-corrected chi connectivity index (χ3v) is 3.28. The molecule has 0 amide bonds. The van der Waals surface area contributed by atoms with E-state index in [1.165, 1.54) is 0 Å². The number of nitrogens with zero attached hydrogens (tertiary/aromatic N) is 1. The lowest BCUT2D eigenvalue weighted by Crippen LogP contribution is -2.27. The molecule has 0 spiro atoms. The van der Waals surface area contributed by atoms with Gasteiger partial charge in [-0.1, -0.05) is 20.8 Å². The maximum atomic E-state index is 8.71. The summed E-state index contributed by atoms with van der Waals surface area (Å²) in [5.74, 6) is 0.525. The fraction of sp³-hybridized carbons (Fsp3) is 0.909. The summed E-state index contributed by atoms with van der Waals surface area (Å²) in [4.78, 5) is 3.81. The number of hydrogen-bond donors (Lipinski definition) is 1. The average Bonchev–Trinajstić information content (AvgIpc) is 2.74. The van der Waals surface area contributed by atoms with Gasteiger partial charge in [-0.2, -0.15) is 0 Å². The Morgan fingerprint density at radius 1 is 1.54 bits per heavy atom. The standard InChI is InChI=1S/C11H19NO/c1-10(2,3)11(12-4)8-9(11)6-5-7-13/h9,13H,5-8H2,1-3H3. The SMILES string of the molecule is [C-]#[N+]C1(C(C)(C)C)CC1CCCO. The topological polar surface area (TPSA) is 24.6 Å². The summed E-state index contributed by atoms with van der Waals surface area (Å²) in [7, 11) is 0. The molecule has 1 saturated carbocycles. The highest BCUT2D eigenvalue weighted by Crippen LogP contribution is 2.59. The molecule has 0 aromatic rings. The van der Waals surface area contributed by atoms with Gasteiger partial charge in [-0.25, -0.2) is 6.57 Å². The van der Waals surface area contributed by atoms with Crippen LogP contribution in [0.4, 0.5) is 0 Å². The zero-order valence-electron chi connectivity index (χ0n) is 8.80. The molecule has 1 rings (SSSR count). The minimum absolute atomic E-state index is 0.0921. The van der Waals surface area contributed by atoms with Crippen molar-refractivity contribution in [2.24, 2.45) is 11.3 Å². The van der Waals surface area contributed by atoms with E-state index in [4.69, 9.17) is 11.7 Å². The van der Waals surface area contributed by atoms with Crippen LogP contribution in [-0.4, -0.2) is 17.3 Å². The van der Waals surface area contributed by atoms with Crippen molar-refractivity contribution in [1.29, 1.82) is 0 Å². The van der Waals surface area contributed by atoms with Crippen LogP contribution in [0.5, 0.6) is 0 Å². The van der Waals surface area contributed by atoms with Crippen LogP contribution in [0.2, 0.25) is 0 Å². The second-order valence-corrected chi connectivity index (χ2v) is 5.05. The monoisotopic (exact) mass is 181 g/mol. The van der Waals surface area contributed by atoms with Crippen molar-refractivity contribution >= 4 is 0 Å². The Hall–Kier alpha value is -0.550. The van der Waals surface area contributed by atoms with Gasteiger partial charge in [0.15, 0.2) is 0 Å². The van der Waals surface area contributed by atoms with Crippen molar-refractivity contribution in [3.8, 4) is 0 Å². The lowest BCUT2D eigenvalue weighted by molar-refractivity contribution is 0.269. The quantitative estimate of drug-likeness (QED) is 0.665. The minimum Gasteiger partial charge on any atom is -0.396 e. The predicted molar refractivity (Wildman–Crippen MR) is 53.2 cm³/mol. The highest BCUT2D eigenvalue weighted by Gasteiger charge is 2.68. The molecule has 74 valence electrons. The van der Waals surface area contributed by atoms with E-state index in [1.54, 1.807) is 0 Å². The molecule has 1 fully saturated rings. The lowest BCUT2D eigenvalue weighted by atomic mass is 9.82. The first kappa shape index (κ1) is 10.5. The van der Waals surface area contributed by atoms with Crippen LogP contribution < -0.4 is 0 Å². The fourth-order valence-corrected chi connectivity index (χ4v) is 2.22. The van der Waals surface area contributed by atoms with Gasteiger partial charge < -0.3 is 9.95 Å². The van der Waals surface area contributed by atoms with E-state index in [1.807, 2.05) is 0 Å². The van der Waals surface area contributed by atoms with Crippen LogP contribution in [0.25, 0.3) is 4.85 Å². The molecule has 2 nitrogen and oxygen atoms in total. The zero-order valence-corrected chi connectivity index (χ0v) is 8.80. The van der Waals surface area contributed by atoms with Crippen LogP contribution >= 0.6 is 0 Å². The third-order valence-electron chi connectivity index (χ3n) is 3.28. The first-order valence-corrected chi connectivity index (χ1v) is 4.97. The first-order valence-electron chi connectivity index (χ1n) is 4.97. The summed E-state index contributed by atoms with van der Waals surface area (Å²) in [5.41, 5.74) is -0.0307. The molecule has 2 atom stereocenters. The van der Waals surface area contributed by atoms with Gasteiger partial charge in [0.05, 0.1) is 0 Å². The molecule has 0 radical (unpaired) electrons. The van der Waals surface area contributed by atoms with Gasteiger partial charge in [0.2, 0.25) is 5.54 Å². The molecular weight excluding hydrogens is 162 g/mol. The van der Waals surface area contributed by atoms with Crippen LogP contribution in [-0.2, 0) is 0 Å². The van der Waals surface area contributed by atoms with Crippen molar-refractivity contribution in [2.75, 3.05) is 6.61 Å². The van der Waals surface area contributed by atoms with E-state index in [9.17, 15) is 0 Å². The van der Waals surface area contributed by atoms with Gasteiger partial charge >= 0.3 is 0 Å². The molecule has 0 heterocycles. The van der Waals surface area contributed by atoms with E-state index in [2.05, 4.69) is 25.6 Å². The molecule has 1 aliphatic carbocycles. The van der Waals surface area contributed by atoms with E-state index in [0.717, 1.165) is 19.3 Å². The molecule has 0 aromatic carbocycles. The molecule has 0 bridgehead atoms. The molecule has 0 aliphatic heterocycles. The minimum atomic E-state index is -0.123. The fourth-order valence-electron chi connectivity index (χ4n) is 2.22. The van der Waals surface area contributed by atoms with Crippen molar-refractivity contribution in [3.05, 3.63) is 11.4 Å². The van der Waals surface area contributed by atoms with E-state index in [-0.39, 0.29) is 17.6 Å². The number of rotatable bonds is 3. The zero-order chi connectivity index (χ0) is 10.1. The normalized spacial score (nSPS) is 32.7. The molecule has 2 unspecified atom stereocenters. The molecule has 0 aromatic heterocycles. The Morgan fingerprint density at radius 2 is 2.15 bits per heavy atom. The maximum Gasteiger partial charge on any atom is 0.240 e. The lowest BCUT2D eigenvalue weighted by Gasteiger charge is -2.21. The molecule has 2 heteroatoms. The van der Waals surface area contributed by atoms with Gasteiger partial charge in [-0.3, -0.25) is 0 Å². The van der Waals surface area contributed by atoms with Crippen LogP contribution in [0.1, 0.15) is 40.0 Å². The summed E-state index contributed by atoms with van der Waals surface area (Å²) in [6.07, 6.45) is 2.88. The second kappa shape index (κ2) is 3.31. The second-order valence-electron chi connectivity index (χ2n) is 5.05. The Labute approximate surface area is 80.8 Å². The summed E-state index contributed by atoms with van der Waals surface area (Å²) in [5, 5.41) is 8.71. The third kappa shape index (κ3) is 1.71. The number of hydrogen-bond acceptors (Lipinski definition) is 1. The van der Waals surface area contributed by atoms with E-state index in [0.29, 0.717) is 5.92 Å². The van der Waals surface area contributed by atoms with Crippen molar-refractivity contribution < 1.29 is 5.11 Å². The molecule has 1 aliphatic rings. The highest BCUT2D eigenvalue weighted by atomic mass is 16.2. The Balaban J connectivity index is 2.56. The van der Waals surface area contributed by atoms with Gasteiger partial charge in [0.1, 0.15) is 0 Å². The van der Waals surface area contributed by atoms with Gasteiger partial charge in [-0.15, -0.1) is 0 Å². The van der Waals surface area contributed by atoms with Gasteiger partial charge in [0.25, 0.3) is 0 Å². The Morgan fingerprint density at radius 3 is 2.46 bits per heavy atom. The summed E-state index contributed by atoms with van der Waals surface area (Å²) in [6.45, 7) is 13.9. The highest BCUT2D eigenvalue weighted by molar-refractivity contribution is 5.23. The van der Waals surface area contributed by atoms with Crippen LogP contribution in [0.3, 0.4) is 0 Å². The molecule has 1 N–H and O–H groups in total. The van der Waals surface area contributed by atoms with Crippen molar-refractivity contribution in [1.82, 2.24) is 0 Å². The number of aliphatic hydroxyl groups excluding tert-OH is 1. The van der Waals surface area contributed by atoms with E-state index >= 15 is 0 Å². The van der Waals surface area contributed by atoms with Gasteiger partial charge in [-0.05, 0) is 12.8 Å². The number of aliphatic hydroxyl groups is 1. The summed E-state index contributed by atoms with van der Waals surface area (Å²) >= 11 is 0. The Bertz CT molecular complexity index is 223. The summed E-state index contributed by atoms with van der Waals surface area (Å²) in [6, 6.07) is 0. The maximum absolute atomic E-state index is 8.71. The average molecular weight is 181 g/mol. The van der Waals surface area contributed by atoms with Crippen LogP contribution in [0.15, 0.2) is 0 Å². The largest absolute Gasteiger partial charge is 0.396 e. The predicted octanol–water partition coefficient (Wildman–Crippen LogP) is 2.48. The van der Waals surface area contributed by atoms with E-state index < -0.39 is 0 Å². The smallest absolute Gasteiger partial charge is 0.240 e. The van der Waals surface area contributed by atoms with Crippen LogP contribution in [0, 0.1) is 17.9 Å². The Kier molecular flexibility index (Phi) is 2.68. The first-order chi connectivity index (χ1) is 5.98. The van der Waals surface area contributed by atoms with Crippen molar-refractivity contribution in [3.63, 3.8) is 0 Å². The van der Waals surface area contributed by atoms with Gasteiger partial charge in [0, 0.05) is 24.4 Å². The molecular formula is C11H19NO. The van der Waals surface area contributed by atoms with Crippen molar-refractivity contribution in [2.45, 2.75) is 45.6 Å². The molecule has 13 heavy (non-hydrogen) atoms.